The van der Waals surface area contributed by atoms with Gasteiger partial charge >= 0.3 is 0 Å². The van der Waals surface area contributed by atoms with Crippen LogP contribution in [0.5, 0.6) is 0 Å². The zero-order chi connectivity index (χ0) is 21.1. The lowest BCUT2D eigenvalue weighted by Gasteiger charge is -2.11. The molecule has 0 fully saturated rings. The van der Waals surface area contributed by atoms with Crippen molar-refractivity contribution in [1.29, 1.82) is 0 Å². The molecular weight excluding hydrogens is 515 g/mol. The van der Waals surface area contributed by atoms with Crippen LogP contribution in [0.3, 0.4) is 0 Å². The minimum Gasteiger partial charge on any atom is -0.340 e. The first-order valence-electron chi connectivity index (χ1n) is 8.88. The summed E-state index contributed by atoms with van der Waals surface area (Å²) in [5.74, 6) is 2.13. The molecule has 0 bridgehead atoms. The molecule has 152 valence electrons. The van der Waals surface area contributed by atoms with Crippen molar-refractivity contribution >= 4 is 49.8 Å². The van der Waals surface area contributed by atoms with E-state index < -0.39 is 10.0 Å². The van der Waals surface area contributed by atoms with E-state index >= 15 is 0 Å². The number of benzene rings is 2. The van der Waals surface area contributed by atoms with Gasteiger partial charge in [0.05, 0.1) is 4.90 Å². The molecule has 2 aromatic carbocycles. The Labute approximate surface area is 187 Å². The highest BCUT2D eigenvalue weighted by Crippen LogP contribution is 2.21. The van der Waals surface area contributed by atoms with E-state index in [0.29, 0.717) is 17.3 Å². The Kier molecular flexibility index (Phi) is 5.68. The van der Waals surface area contributed by atoms with Gasteiger partial charge in [0.2, 0.25) is 0 Å². The number of nitrogens with one attached hydrogen (secondary N) is 2. The lowest BCUT2D eigenvalue weighted by Crippen LogP contribution is -2.12. The second-order valence-corrected chi connectivity index (χ2v) is 9.30. The van der Waals surface area contributed by atoms with Crippen molar-refractivity contribution in [2.75, 3.05) is 10.0 Å². The molecule has 2 N–H and O–H groups in total. The molecule has 0 saturated carbocycles. The molecule has 0 radical (unpaired) electrons. The summed E-state index contributed by atoms with van der Waals surface area (Å²) in [5, 5.41) is 3.19. The van der Waals surface area contributed by atoms with Crippen LogP contribution in [-0.4, -0.2) is 27.9 Å². The molecule has 0 aliphatic rings. The van der Waals surface area contributed by atoms with Gasteiger partial charge in [-0.15, -0.1) is 0 Å². The van der Waals surface area contributed by atoms with Crippen LogP contribution in [0.4, 0.5) is 17.2 Å². The maximum Gasteiger partial charge on any atom is 0.261 e. The SMILES string of the molecule is Cc1nccn1-c1cc(Nc2ccc(NS(=O)(=O)c3ccc(I)cc3)cc2)ncn1. The van der Waals surface area contributed by atoms with Gasteiger partial charge in [-0.1, -0.05) is 0 Å². The standard InChI is InChI=1S/C20H17IN6O2S/c1-14-22-10-11-27(14)20-12-19(23-13-24-20)25-16-4-6-17(7-5-16)26-30(28,29)18-8-2-15(21)3-9-18/h2-13,26H,1H3,(H,23,24,25). The highest BCUT2D eigenvalue weighted by molar-refractivity contribution is 14.1. The molecule has 30 heavy (non-hydrogen) atoms. The quantitative estimate of drug-likeness (QED) is 0.363. The van der Waals surface area contributed by atoms with Gasteiger partial charge in [-0.25, -0.2) is 23.4 Å². The average Bonchev–Trinajstić information content (AvgIpc) is 3.16. The molecule has 0 amide bonds. The largest absolute Gasteiger partial charge is 0.340 e. The van der Waals surface area contributed by atoms with Crippen LogP contribution >= 0.6 is 22.6 Å². The fraction of sp³-hybridized carbons (Fsp3) is 0.0500. The number of hydrogen-bond donors (Lipinski definition) is 2. The zero-order valence-electron chi connectivity index (χ0n) is 15.8. The normalized spacial score (nSPS) is 11.3. The summed E-state index contributed by atoms with van der Waals surface area (Å²) in [4.78, 5) is 12.9. The van der Waals surface area contributed by atoms with E-state index in [1.165, 1.54) is 6.33 Å². The van der Waals surface area contributed by atoms with Crippen molar-refractivity contribution in [2.24, 2.45) is 0 Å². The first-order chi connectivity index (χ1) is 14.4. The van der Waals surface area contributed by atoms with Gasteiger partial charge < -0.3 is 5.32 Å². The molecule has 4 aromatic rings. The van der Waals surface area contributed by atoms with Gasteiger partial charge in [0, 0.05) is 33.4 Å². The predicted octanol–water partition coefficient (Wildman–Crippen LogP) is 4.12. The van der Waals surface area contributed by atoms with Crippen molar-refractivity contribution in [2.45, 2.75) is 11.8 Å². The number of halogens is 1. The summed E-state index contributed by atoms with van der Waals surface area (Å²) in [6.45, 7) is 1.89. The van der Waals surface area contributed by atoms with Crippen LogP contribution in [0.25, 0.3) is 5.82 Å². The van der Waals surface area contributed by atoms with E-state index in [2.05, 4.69) is 47.6 Å². The summed E-state index contributed by atoms with van der Waals surface area (Å²) < 4.78 is 30.4. The Bertz CT molecular complexity index is 1270. The molecule has 0 atom stereocenters. The molecule has 0 unspecified atom stereocenters. The van der Waals surface area contributed by atoms with Gasteiger partial charge in [-0.05, 0) is 78.0 Å². The summed E-state index contributed by atoms with van der Waals surface area (Å²) >= 11 is 2.13. The van der Waals surface area contributed by atoms with Crippen molar-refractivity contribution in [3.63, 3.8) is 0 Å². The van der Waals surface area contributed by atoms with Crippen LogP contribution in [0, 0.1) is 10.5 Å². The van der Waals surface area contributed by atoms with E-state index in [-0.39, 0.29) is 4.90 Å². The molecule has 10 heteroatoms. The molecule has 0 aliphatic heterocycles. The number of nitrogens with zero attached hydrogens (tertiary/aromatic N) is 4. The fourth-order valence-electron chi connectivity index (χ4n) is 2.76. The van der Waals surface area contributed by atoms with Gasteiger partial charge in [0.25, 0.3) is 10.0 Å². The van der Waals surface area contributed by atoms with E-state index in [1.807, 2.05) is 23.8 Å². The minimum absolute atomic E-state index is 0.216. The maximum absolute atomic E-state index is 12.5. The number of anilines is 3. The Morgan fingerprint density at radius 1 is 0.933 bits per heavy atom. The van der Waals surface area contributed by atoms with Crippen molar-refractivity contribution in [3.8, 4) is 5.82 Å². The number of rotatable bonds is 6. The number of sulfonamides is 1. The summed E-state index contributed by atoms with van der Waals surface area (Å²) in [6, 6.07) is 15.4. The van der Waals surface area contributed by atoms with E-state index in [0.717, 1.165) is 15.1 Å². The molecular formula is C20H17IN6O2S. The van der Waals surface area contributed by atoms with Gasteiger partial charge in [-0.3, -0.25) is 9.29 Å². The van der Waals surface area contributed by atoms with E-state index in [9.17, 15) is 8.42 Å². The van der Waals surface area contributed by atoms with Gasteiger partial charge in [-0.2, -0.15) is 0 Å². The third-order valence-electron chi connectivity index (χ3n) is 4.26. The highest BCUT2D eigenvalue weighted by Gasteiger charge is 2.14. The van der Waals surface area contributed by atoms with Gasteiger partial charge in [0.15, 0.2) is 0 Å². The lowest BCUT2D eigenvalue weighted by atomic mass is 10.3. The van der Waals surface area contributed by atoms with E-state index in [1.54, 1.807) is 54.7 Å². The third-order valence-corrected chi connectivity index (χ3v) is 6.38. The average molecular weight is 532 g/mol. The molecule has 2 heterocycles. The Hall–Kier alpha value is -2.99. The third kappa shape index (κ3) is 4.60. The monoisotopic (exact) mass is 532 g/mol. The summed E-state index contributed by atoms with van der Waals surface area (Å²) in [5.41, 5.74) is 1.23. The number of aryl methyl sites for hydroxylation is 1. The molecule has 2 aromatic heterocycles. The second kappa shape index (κ2) is 8.40. The van der Waals surface area contributed by atoms with Crippen molar-refractivity contribution < 1.29 is 8.42 Å². The van der Waals surface area contributed by atoms with Crippen molar-refractivity contribution in [3.05, 3.63) is 82.7 Å². The predicted molar refractivity (Wildman–Crippen MR) is 124 cm³/mol. The number of aromatic nitrogens is 4. The molecule has 0 spiro atoms. The lowest BCUT2D eigenvalue weighted by molar-refractivity contribution is 0.601. The Balaban J connectivity index is 1.48. The van der Waals surface area contributed by atoms with E-state index in [4.69, 9.17) is 0 Å². The first kappa shape index (κ1) is 20.3. The fourth-order valence-corrected chi connectivity index (χ4v) is 4.18. The van der Waals surface area contributed by atoms with Gasteiger partial charge in [0.1, 0.15) is 23.8 Å². The topological polar surface area (TPSA) is 102 Å². The molecule has 8 nitrogen and oxygen atoms in total. The zero-order valence-corrected chi connectivity index (χ0v) is 18.8. The molecule has 4 rings (SSSR count). The number of imidazole rings is 1. The highest BCUT2D eigenvalue weighted by atomic mass is 127. The van der Waals surface area contributed by atoms with Crippen LogP contribution < -0.4 is 10.0 Å². The Morgan fingerprint density at radius 2 is 1.63 bits per heavy atom. The first-order valence-corrected chi connectivity index (χ1v) is 11.4. The van der Waals surface area contributed by atoms with Crippen LogP contribution in [0.2, 0.25) is 0 Å². The molecule has 0 saturated heterocycles. The minimum atomic E-state index is -3.64. The molecule has 0 aliphatic carbocycles. The smallest absolute Gasteiger partial charge is 0.261 e. The van der Waals surface area contributed by atoms with Crippen LogP contribution in [-0.2, 0) is 10.0 Å². The van der Waals surface area contributed by atoms with Crippen LogP contribution in [0.15, 0.2) is 78.2 Å². The van der Waals surface area contributed by atoms with Crippen LogP contribution in [0.1, 0.15) is 5.82 Å². The Morgan fingerprint density at radius 3 is 2.30 bits per heavy atom. The summed E-state index contributed by atoms with van der Waals surface area (Å²) in [6.07, 6.45) is 5.01. The second-order valence-electron chi connectivity index (χ2n) is 6.37. The maximum atomic E-state index is 12.5. The van der Waals surface area contributed by atoms with Crippen molar-refractivity contribution in [1.82, 2.24) is 19.5 Å². The number of hydrogen-bond acceptors (Lipinski definition) is 6. The summed E-state index contributed by atoms with van der Waals surface area (Å²) in [7, 11) is -3.64.